The highest BCUT2D eigenvalue weighted by Crippen LogP contribution is 2.00. The van der Waals surface area contributed by atoms with Crippen LogP contribution in [0.3, 0.4) is 0 Å². The van der Waals surface area contributed by atoms with Gasteiger partial charge in [-0.1, -0.05) is 13.3 Å². The van der Waals surface area contributed by atoms with Crippen molar-refractivity contribution in [3.63, 3.8) is 0 Å². The van der Waals surface area contributed by atoms with Gasteiger partial charge >= 0.3 is 0 Å². The molecule has 2 N–H and O–H groups in total. The molecule has 3 nitrogen and oxygen atoms in total. The van der Waals surface area contributed by atoms with E-state index in [1.165, 1.54) is 0 Å². The Bertz CT molecular complexity index is 136. The summed E-state index contributed by atoms with van der Waals surface area (Å²) in [6.45, 7) is 4.80. The molecule has 0 aromatic carbocycles. The van der Waals surface area contributed by atoms with Gasteiger partial charge in [0.2, 0.25) is 5.91 Å². The summed E-state index contributed by atoms with van der Waals surface area (Å²) in [5, 5.41) is 0. The second-order valence-electron chi connectivity index (χ2n) is 3.16. The number of nitrogens with two attached hydrogens (primary N) is 1. The van der Waals surface area contributed by atoms with Crippen molar-refractivity contribution in [2.75, 3.05) is 13.6 Å². The van der Waals surface area contributed by atoms with Crippen LogP contribution in [0.2, 0.25) is 0 Å². The van der Waals surface area contributed by atoms with E-state index in [4.69, 9.17) is 5.73 Å². The number of carbonyl (C=O) groups is 1. The van der Waals surface area contributed by atoms with Crippen molar-refractivity contribution >= 4 is 5.91 Å². The highest BCUT2D eigenvalue weighted by molar-refractivity contribution is 5.76. The summed E-state index contributed by atoms with van der Waals surface area (Å²) in [7, 11) is 1.81. The van der Waals surface area contributed by atoms with Crippen LogP contribution in [0.5, 0.6) is 0 Å². The van der Waals surface area contributed by atoms with E-state index in [9.17, 15) is 4.79 Å². The molecule has 0 aromatic heterocycles. The molecule has 1 unspecified atom stereocenters. The van der Waals surface area contributed by atoms with Gasteiger partial charge in [0.25, 0.3) is 0 Å². The third-order valence-electron chi connectivity index (χ3n) is 2.00. The molecule has 0 aliphatic carbocycles. The highest BCUT2D eigenvalue weighted by atomic mass is 16.2. The minimum Gasteiger partial charge on any atom is -0.346 e. The fourth-order valence-electron chi connectivity index (χ4n) is 1.03. The van der Waals surface area contributed by atoms with Crippen LogP contribution in [0.25, 0.3) is 0 Å². The zero-order valence-corrected chi connectivity index (χ0v) is 8.34. The Labute approximate surface area is 74.9 Å². The van der Waals surface area contributed by atoms with Crippen LogP contribution in [-0.4, -0.2) is 30.4 Å². The largest absolute Gasteiger partial charge is 0.346 e. The lowest BCUT2D eigenvalue weighted by Crippen LogP contribution is -2.33. The zero-order valence-electron chi connectivity index (χ0n) is 8.34. The maximum Gasteiger partial charge on any atom is 0.223 e. The molecule has 0 heterocycles. The number of carbonyl (C=O) groups excluding carboxylic acids is 1. The molecule has 0 saturated heterocycles. The summed E-state index contributed by atoms with van der Waals surface area (Å²) < 4.78 is 0. The summed E-state index contributed by atoms with van der Waals surface area (Å²) in [6, 6.07) is 0.0384. The Balaban J connectivity index is 3.67. The average molecular weight is 172 g/mol. The van der Waals surface area contributed by atoms with Crippen LogP contribution >= 0.6 is 0 Å². The summed E-state index contributed by atoms with van der Waals surface area (Å²) in [6.07, 6.45) is 2.46. The smallest absolute Gasteiger partial charge is 0.223 e. The summed E-state index contributed by atoms with van der Waals surface area (Å²) in [4.78, 5) is 13.0. The highest BCUT2D eigenvalue weighted by Gasteiger charge is 2.11. The monoisotopic (exact) mass is 172 g/mol. The first-order valence-corrected chi connectivity index (χ1v) is 4.61. The average Bonchev–Trinajstić information content (AvgIpc) is 2.03. The Kier molecular flexibility index (Phi) is 5.72. The predicted octanol–water partition coefficient (Wildman–Crippen LogP) is 0.982. The molecule has 0 aliphatic heterocycles. The molecule has 1 atom stereocenters. The first-order chi connectivity index (χ1) is 5.61. The summed E-state index contributed by atoms with van der Waals surface area (Å²) in [5.41, 5.74) is 5.73. The van der Waals surface area contributed by atoms with Crippen molar-refractivity contribution in [1.29, 1.82) is 0 Å². The predicted molar refractivity (Wildman–Crippen MR) is 50.8 cm³/mol. The Morgan fingerprint density at radius 2 is 2.08 bits per heavy atom. The molecule has 0 spiro atoms. The molecule has 0 fully saturated rings. The van der Waals surface area contributed by atoms with E-state index in [-0.39, 0.29) is 11.9 Å². The van der Waals surface area contributed by atoms with Gasteiger partial charge in [-0.05, 0) is 13.3 Å². The first-order valence-electron chi connectivity index (χ1n) is 4.61. The molecule has 0 bridgehead atoms. The van der Waals surface area contributed by atoms with E-state index >= 15 is 0 Å². The van der Waals surface area contributed by atoms with Crippen LogP contribution in [0.15, 0.2) is 0 Å². The molecule has 12 heavy (non-hydrogen) atoms. The maximum atomic E-state index is 11.3. The third kappa shape index (κ3) is 4.34. The Morgan fingerprint density at radius 1 is 1.50 bits per heavy atom. The fraction of sp³-hybridized carbons (Fsp3) is 0.889. The third-order valence-corrected chi connectivity index (χ3v) is 2.00. The van der Waals surface area contributed by atoms with Gasteiger partial charge < -0.3 is 10.6 Å². The first kappa shape index (κ1) is 11.4. The van der Waals surface area contributed by atoms with E-state index in [0.29, 0.717) is 6.42 Å². The van der Waals surface area contributed by atoms with Gasteiger partial charge in [0, 0.05) is 26.1 Å². The number of hydrogen-bond acceptors (Lipinski definition) is 2. The lowest BCUT2D eigenvalue weighted by Gasteiger charge is -2.17. The molecule has 0 rings (SSSR count). The summed E-state index contributed by atoms with van der Waals surface area (Å²) >= 11 is 0. The lowest BCUT2D eigenvalue weighted by molar-refractivity contribution is -0.130. The number of hydrogen-bond donors (Lipinski definition) is 1. The molecule has 0 aliphatic rings. The molecular weight excluding hydrogens is 152 g/mol. The van der Waals surface area contributed by atoms with E-state index in [0.717, 1.165) is 19.4 Å². The number of rotatable bonds is 5. The standard InChI is InChI=1S/C9H20N2O/c1-4-6-8(10)7-9(12)11(3)5-2/h8H,4-7,10H2,1-3H3. The quantitative estimate of drug-likeness (QED) is 0.672. The van der Waals surface area contributed by atoms with Crippen LogP contribution in [0, 0.1) is 0 Å². The minimum atomic E-state index is 0.0384. The number of nitrogens with zero attached hydrogens (tertiary/aromatic N) is 1. The maximum absolute atomic E-state index is 11.3. The van der Waals surface area contributed by atoms with Crippen LogP contribution in [0.4, 0.5) is 0 Å². The Hall–Kier alpha value is -0.570. The van der Waals surface area contributed by atoms with Gasteiger partial charge in [0.05, 0.1) is 0 Å². The minimum absolute atomic E-state index is 0.0384. The molecule has 1 amide bonds. The van der Waals surface area contributed by atoms with Crippen LogP contribution < -0.4 is 5.73 Å². The fourth-order valence-corrected chi connectivity index (χ4v) is 1.03. The van der Waals surface area contributed by atoms with Crippen molar-refractivity contribution in [2.24, 2.45) is 5.73 Å². The van der Waals surface area contributed by atoms with Crippen LogP contribution in [0.1, 0.15) is 33.1 Å². The van der Waals surface area contributed by atoms with Gasteiger partial charge in [-0.2, -0.15) is 0 Å². The van der Waals surface area contributed by atoms with E-state index < -0.39 is 0 Å². The van der Waals surface area contributed by atoms with Crippen molar-refractivity contribution in [2.45, 2.75) is 39.2 Å². The van der Waals surface area contributed by atoms with Gasteiger partial charge in [-0.15, -0.1) is 0 Å². The second-order valence-corrected chi connectivity index (χ2v) is 3.16. The lowest BCUT2D eigenvalue weighted by atomic mass is 10.1. The SMILES string of the molecule is CCCC(N)CC(=O)N(C)CC. The molecule has 72 valence electrons. The van der Waals surface area contributed by atoms with Gasteiger partial charge in [0.15, 0.2) is 0 Å². The van der Waals surface area contributed by atoms with E-state index in [1.54, 1.807) is 11.9 Å². The van der Waals surface area contributed by atoms with E-state index in [1.807, 2.05) is 6.92 Å². The van der Waals surface area contributed by atoms with Crippen molar-refractivity contribution in [1.82, 2.24) is 4.90 Å². The van der Waals surface area contributed by atoms with Gasteiger partial charge in [0.1, 0.15) is 0 Å². The molecule has 0 aromatic rings. The second kappa shape index (κ2) is 6.00. The summed E-state index contributed by atoms with van der Waals surface area (Å²) in [5.74, 6) is 0.151. The molecule has 0 saturated carbocycles. The number of amides is 1. The molecule has 3 heteroatoms. The molecular formula is C9H20N2O. The zero-order chi connectivity index (χ0) is 9.56. The van der Waals surface area contributed by atoms with Crippen molar-refractivity contribution in [3.8, 4) is 0 Å². The van der Waals surface area contributed by atoms with Crippen molar-refractivity contribution < 1.29 is 4.79 Å². The van der Waals surface area contributed by atoms with Crippen molar-refractivity contribution in [3.05, 3.63) is 0 Å². The van der Waals surface area contributed by atoms with Crippen LogP contribution in [-0.2, 0) is 4.79 Å². The van der Waals surface area contributed by atoms with Gasteiger partial charge in [-0.3, -0.25) is 4.79 Å². The molecule has 0 radical (unpaired) electrons. The normalized spacial score (nSPS) is 12.7. The van der Waals surface area contributed by atoms with E-state index in [2.05, 4.69) is 6.92 Å². The van der Waals surface area contributed by atoms with Gasteiger partial charge in [-0.25, -0.2) is 0 Å². The topological polar surface area (TPSA) is 46.3 Å². The Morgan fingerprint density at radius 3 is 2.50 bits per heavy atom.